The van der Waals surface area contributed by atoms with E-state index in [0.29, 0.717) is 12.1 Å². The molecule has 1 fully saturated rings. The van der Waals surface area contributed by atoms with Gasteiger partial charge in [-0.05, 0) is 18.9 Å². The molecule has 2 aromatic rings. The molecule has 1 aliphatic rings. The van der Waals surface area contributed by atoms with Crippen molar-refractivity contribution in [3.05, 3.63) is 46.1 Å². The summed E-state index contributed by atoms with van der Waals surface area (Å²) in [5.74, 6) is 0.315. The molecule has 0 unspecified atom stereocenters. The lowest BCUT2D eigenvalue weighted by Gasteiger charge is -2.15. The number of nitro benzene ring substituents is 1. The van der Waals surface area contributed by atoms with Crippen LogP contribution in [0.15, 0.2) is 30.5 Å². The summed E-state index contributed by atoms with van der Waals surface area (Å²) in [4.78, 5) is 33.4. The Kier molecular flexibility index (Phi) is 5.26. The van der Waals surface area contributed by atoms with Crippen LogP contribution in [0.1, 0.15) is 42.1 Å². The van der Waals surface area contributed by atoms with Crippen molar-refractivity contribution < 1.29 is 19.2 Å². The summed E-state index contributed by atoms with van der Waals surface area (Å²) < 4.78 is 7.16. The Morgan fingerprint density at radius 2 is 2.15 bits per heavy atom. The van der Waals surface area contributed by atoms with Crippen molar-refractivity contribution in [3.8, 4) is 5.75 Å². The number of hydrogen-bond acceptors (Lipinski definition) is 6. The van der Waals surface area contributed by atoms with Crippen LogP contribution in [-0.4, -0.2) is 33.5 Å². The Morgan fingerprint density at radius 1 is 1.38 bits per heavy atom. The van der Waals surface area contributed by atoms with Gasteiger partial charge >= 0.3 is 0 Å². The van der Waals surface area contributed by atoms with Gasteiger partial charge in [-0.15, -0.1) is 0 Å². The summed E-state index contributed by atoms with van der Waals surface area (Å²) in [6.07, 6.45) is 6.45. The van der Waals surface area contributed by atoms with E-state index in [1.165, 1.54) is 12.1 Å². The highest BCUT2D eigenvalue weighted by Gasteiger charge is 2.20. The van der Waals surface area contributed by atoms with Gasteiger partial charge in [-0.2, -0.15) is 5.10 Å². The molecule has 1 amide bonds. The van der Waals surface area contributed by atoms with Crippen molar-refractivity contribution in [2.75, 3.05) is 11.9 Å². The second-order valence-corrected chi connectivity index (χ2v) is 6.03. The molecular formula is C17H18N4O5. The van der Waals surface area contributed by atoms with Gasteiger partial charge in [-0.1, -0.05) is 12.8 Å². The van der Waals surface area contributed by atoms with Crippen molar-refractivity contribution in [1.29, 1.82) is 0 Å². The Hall–Kier alpha value is -3.23. The van der Waals surface area contributed by atoms with Gasteiger partial charge in [0.05, 0.1) is 22.7 Å². The largest absolute Gasteiger partial charge is 0.483 e. The lowest BCUT2D eigenvalue weighted by atomic mass is 10.2. The number of non-ortho nitro benzene ring substituents is 1. The Balaban J connectivity index is 1.62. The van der Waals surface area contributed by atoms with E-state index >= 15 is 0 Å². The number of nitro groups is 1. The van der Waals surface area contributed by atoms with Crippen LogP contribution in [0.25, 0.3) is 0 Å². The highest BCUT2D eigenvalue weighted by molar-refractivity contribution is 5.91. The topological polar surface area (TPSA) is 116 Å². The monoisotopic (exact) mass is 358 g/mol. The zero-order valence-corrected chi connectivity index (χ0v) is 14.0. The van der Waals surface area contributed by atoms with Gasteiger partial charge in [-0.25, -0.2) is 4.68 Å². The molecule has 1 saturated carbocycles. The Bertz CT molecular complexity index is 826. The number of rotatable bonds is 7. The summed E-state index contributed by atoms with van der Waals surface area (Å²) in [5, 5.41) is 17.8. The molecule has 136 valence electrons. The molecule has 9 nitrogen and oxygen atoms in total. The molecule has 1 aromatic heterocycles. The van der Waals surface area contributed by atoms with Crippen LogP contribution in [0.2, 0.25) is 0 Å². The highest BCUT2D eigenvalue weighted by Crippen LogP contribution is 2.31. The van der Waals surface area contributed by atoms with Crippen LogP contribution < -0.4 is 10.1 Å². The third-order valence-corrected chi connectivity index (χ3v) is 4.30. The summed E-state index contributed by atoms with van der Waals surface area (Å²) >= 11 is 0. The number of hydrogen-bond donors (Lipinski definition) is 1. The standard InChI is InChI=1S/C17H18N4O5/c22-10-12-9-14(21(24)25)5-6-15(12)26-11-17(23)19-16-7-8-18-20(16)13-3-1-2-4-13/h5-10,13H,1-4,11H2,(H,19,23). The van der Waals surface area contributed by atoms with Crippen LogP contribution in [0, 0.1) is 10.1 Å². The Labute approximate surface area is 149 Å². The molecule has 0 atom stereocenters. The van der Waals surface area contributed by atoms with Crippen molar-refractivity contribution in [2.45, 2.75) is 31.7 Å². The maximum Gasteiger partial charge on any atom is 0.270 e. The van der Waals surface area contributed by atoms with Crippen LogP contribution in [-0.2, 0) is 4.79 Å². The number of nitrogens with one attached hydrogen (secondary N) is 1. The number of carbonyl (C=O) groups is 2. The third kappa shape index (κ3) is 3.88. The fourth-order valence-electron chi connectivity index (χ4n) is 3.05. The molecule has 0 radical (unpaired) electrons. The summed E-state index contributed by atoms with van der Waals surface area (Å²) in [6.45, 7) is -0.325. The number of anilines is 1. The summed E-state index contributed by atoms with van der Waals surface area (Å²) in [7, 11) is 0. The van der Waals surface area contributed by atoms with E-state index in [1.807, 2.05) is 4.68 Å². The second kappa shape index (κ2) is 7.77. The van der Waals surface area contributed by atoms with E-state index < -0.39 is 10.8 Å². The maximum atomic E-state index is 12.2. The smallest absolute Gasteiger partial charge is 0.270 e. The van der Waals surface area contributed by atoms with E-state index in [-0.39, 0.29) is 29.6 Å². The minimum Gasteiger partial charge on any atom is -0.483 e. The first-order valence-corrected chi connectivity index (χ1v) is 8.28. The number of aromatic nitrogens is 2. The number of ether oxygens (including phenoxy) is 1. The van der Waals surface area contributed by atoms with Gasteiger partial charge in [0.2, 0.25) is 0 Å². The molecule has 3 rings (SSSR count). The molecule has 0 saturated heterocycles. The molecule has 0 aliphatic heterocycles. The van der Waals surface area contributed by atoms with Crippen molar-refractivity contribution in [2.24, 2.45) is 0 Å². The molecule has 1 aromatic carbocycles. The molecule has 26 heavy (non-hydrogen) atoms. The van der Waals surface area contributed by atoms with Crippen LogP contribution in [0.4, 0.5) is 11.5 Å². The SMILES string of the molecule is O=Cc1cc([N+](=O)[O-])ccc1OCC(=O)Nc1ccnn1C1CCCC1. The number of amides is 1. The summed E-state index contributed by atoms with van der Waals surface area (Å²) in [6, 6.07) is 5.64. The highest BCUT2D eigenvalue weighted by atomic mass is 16.6. The van der Waals surface area contributed by atoms with Crippen LogP contribution in [0.5, 0.6) is 5.75 Å². The predicted octanol–water partition coefficient (Wildman–Crippen LogP) is 2.74. The first-order valence-electron chi connectivity index (χ1n) is 8.28. The molecular weight excluding hydrogens is 340 g/mol. The van der Waals surface area contributed by atoms with Gasteiger partial charge in [-0.3, -0.25) is 19.7 Å². The van der Waals surface area contributed by atoms with Crippen molar-refractivity contribution in [1.82, 2.24) is 9.78 Å². The van der Waals surface area contributed by atoms with E-state index in [2.05, 4.69) is 10.4 Å². The normalized spacial score (nSPS) is 14.2. The second-order valence-electron chi connectivity index (χ2n) is 6.03. The zero-order valence-electron chi connectivity index (χ0n) is 14.0. The quantitative estimate of drug-likeness (QED) is 0.462. The summed E-state index contributed by atoms with van der Waals surface area (Å²) in [5.41, 5.74) is -0.202. The molecule has 1 aliphatic carbocycles. The van der Waals surface area contributed by atoms with Crippen molar-refractivity contribution >= 4 is 23.7 Å². The van der Waals surface area contributed by atoms with Gasteiger partial charge in [0, 0.05) is 18.2 Å². The minimum absolute atomic E-state index is 0.0167. The zero-order chi connectivity index (χ0) is 18.5. The first-order chi connectivity index (χ1) is 12.6. The third-order valence-electron chi connectivity index (χ3n) is 4.30. The van der Waals surface area contributed by atoms with Gasteiger partial charge < -0.3 is 10.1 Å². The Morgan fingerprint density at radius 3 is 2.85 bits per heavy atom. The molecule has 1 heterocycles. The maximum absolute atomic E-state index is 12.2. The lowest BCUT2D eigenvalue weighted by molar-refractivity contribution is -0.384. The van der Waals surface area contributed by atoms with Gasteiger partial charge in [0.15, 0.2) is 12.9 Å². The minimum atomic E-state index is -0.604. The first kappa shape index (κ1) is 17.6. The van der Waals surface area contributed by atoms with E-state index in [0.717, 1.165) is 31.7 Å². The lowest BCUT2D eigenvalue weighted by Crippen LogP contribution is -2.23. The van der Waals surface area contributed by atoms with E-state index in [9.17, 15) is 19.7 Å². The molecule has 0 spiro atoms. The van der Waals surface area contributed by atoms with Crippen LogP contribution in [0.3, 0.4) is 0 Å². The number of carbonyl (C=O) groups excluding carboxylic acids is 2. The van der Waals surface area contributed by atoms with Crippen LogP contribution >= 0.6 is 0 Å². The number of aldehydes is 1. The molecule has 1 N–H and O–H groups in total. The van der Waals surface area contributed by atoms with Crippen molar-refractivity contribution in [3.63, 3.8) is 0 Å². The molecule has 0 bridgehead atoms. The van der Waals surface area contributed by atoms with Gasteiger partial charge in [0.25, 0.3) is 11.6 Å². The number of benzene rings is 1. The fraction of sp³-hybridized carbons (Fsp3) is 0.353. The van der Waals surface area contributed by atoms with E-state index in [4.69, 9.17) is 4.74 Å². The average Bonchev–Trinajstić information content (AvgIpc) is 3.31. The average molecular weight is 358 g/mol. The molecule has 9 heteroatoms. The number of nitrogens with zero attached hydrogens (tertiary/aromatic N) is 3. The van der Waals surface area contributed by atoms with E-state index in [1.54, 1.807) is 12.3 Å². The fourth-order valence-corrected chi connectivity index (χ4v) is 3.05. The van der Waals surface area contributed by atoms with Gasteiger partial charge in [0.1, 0.15) is 11.6 Å². The predicted molar refractivity (Wildman–Crippen MR) is 92.3 cm³/mol.